The van der Waals surface area contributed by atoms with Gasteiger partial charge in [-0.05, 0) is 38.8 Å². The molecular weight excluding hydrogens is 254 g/mol. The van der Waals surface area contributed by atoms with Crippen molar-refractivity contribution >= 4 is 16.9 Å². The Kier molecular flexibility index (Phi) is 3.93. The molecule has 0 saturated heterocycles. The predicted molar refractivity (Wildman–Crippen MR) is 78.9 cm³/mol. The quantitative estimate of drug-likeness (QED) is 0.911. The van der Waals surface area contributed by atoms with Crippen molar-refractivity contribution in [2.45, 2.75) is 33.2 Å². The number of carboxylic acid groups (broad SMARTS) is 1. The SMILES string of the molecule is CC(C)(CCCn1ccc(=O)c2ccccc21)C(=O)O. The molecule has 2 aromatic rings. The zero-order chi connectivity index (χ0) is 14.8. The van der Waals surface area contributed by atoms with E-state index in [1.807, 2.05) is 28.8 Å². The van der Waals surface area contributed by atoms with Gasteiger partial charge in [0.2, 0.25) is 0 Å². The number of carboxylic acids is 1. The summed E-state index contributed by atoms with van der Waals surface area (Å²) in [4.78, 5) is 22.8. The van der Waals surface area contributed by atoms with Crippen LogP contribution in [-0.4, -0.2) is 15.6 Å². The van der Waals surface area contributed by atoms with Crippen LogP contribution in [0.25, 0.3) is 10.9 Å². The average molecular weight is 273 g/mol. The number of para-hydroxylation sites is 1. The molecule has 0 unspecified atom stereocenters. The molecule has 1 aromatic carbocycles. The van der Waals surface area contributed by atoms with E-state index in [0.29, 0.717) is 18.4 Å². The van der Waals surface area contributed by atoms with Gasteiger partial charge in [-0.1, -0.05) is 12.1 Å². The number of pyridine rings is 1. The van der Waals surface area contributed by atoms with E-state index in [9.17, 15) is 9.59 Å². The summed E-state index contributed by atoms with van der Waals surface area (Å²) in [5.74, 6) is -0.776. The third-order valence-electron chi connectivity index (χ3n) is 3.66. The van der Waals surface area contributed by atoms with Gasteiger partial charge < -0.3 is 9.67 Å². The second-order valence-corrected chi connectivity index (χ2v) is 5.68. The van der Waals surface area contributed by atoms with Crippen molar-refractivity contribution in [1.82, 2.24) is 4.57 Å². The number of aliphatic carboxylic acids is 1. The van der Waals surface area contributed by atoms with Crippen LogP contribution >= 0.6 is 0 Å². The molecule has 20 heavy (non-hydrogen) atoms. The van der Waals surface area contributed by atoms with Crippen molar-refractivity contribution < 1.29 is 9.90 Å². The van der Waals surface area contributed by atoms with E-state index in [0.717, 1.165) is 11.9 Å². The molecule has 0 aliphatic heterocycles. The fourth-order valence-corrected chi connectivity index (χ4v) is 2.25. The number of fused-ring (bicyclic) bond motifs is 1. The zero-order valence-corrected chi connectivity index (χ0v) is 11.8. The molecule has 0 aliphatic rings. The molecule has 0 saturated carbocycles. The number of aryl methyl sites for hydroxylation is 1. The molecule has 1 N–H and O–H groups in total. The Morgan fingerprint density at radius 2 is 1.95 bits per heavy atom. The van der Waals surface area contributed by atoms with E-state index in [1.165, 1.54) is 0 Å². The molecule has 0 radical (unpaired) electrons. The minimum absolute atomic E-state index is 0.0164. The van der Waals surface area contributed by atoms with Gasteiger partial charge in [0.1, 0.15) is 0 Å². The number of rotatable bonds is 5. The number of carbonyl (C=O) groups is 1. The van der Waals surface area contributed by atoms with Gasteiger partial charge in [-0.2, -0.15) is 0 Å². The van der Waals surface area contributed by atoms with E-state index < -0.39 is 11.4 Å². The zero-order valence-electron chi connectivity index (χ0n) is 11.8. The molecule has 2 rings (SSSR count). The highest BCUT2D eigenvalue weighted by Crippen LogP contribution is 2.23. The Bertz CT molecular complexity index is 685. The van der Waals surface area contributed by atoms with Gasteiger partial charge >= 0.3 is 5.97 Å². The van der Waals surface area contributed by atoms with Gasteiger partial charge in [0.25, 0.3) is 0 Å². The lowest BCUT2D eigenvalue weighted by Gasteiger charge is -2.19. The van der Waals surface area contributed by atoms with Crippen molar-refractivity contribution in [3.05, 3.63) is 46.8 Å². The second kappa shape index (κ2) is 5.49. The summed E-state index contributed by atoms with van der Waals surface area (Å²) in [5, 5.41) is 9.80. The molecule has 0 spiro atoms. The number of nitrogens with zero attached hydrogens (tertiary/aromatic N) is 1. The molecule has 4 heteroatoms. The molecule has 1 aromatic heterocycles. The fraction of sp³-hybridized carbons (Fsp3) is 0.375. The Labute approximate surface area is 117 Å². The van der Waals surface area contributed by atoms with Crippen LogP contribution in [0.5, 0.6) is 0 Å². The fourth-order valence-electron chi connectivity index (χ4n) is 2.25. The summed E-state index contributed by atoms with van der Waals surface area (Å²) in [7, 11) is 0. The number of hydrogen-bond donors (Lipinski definition) is 1. The van der Waals surface area contributed by atoms with Gasteiger partial charge in [-0.3, -0.25) is 9.59 Å². The van der Waals surface area contributed by atoms with Crippen molar-refractivity contribution in [1.29, 1.82) is 0 Å². The highest BCUT2D eigenvalue weighted by atomic mass is 16.4. The summed E-state index contributed by atoms with van der Waals surface area (Å²) < 4.78 is 2.01. The van der Waals surface area contributed by atoms with E-state index in [1.54, 1.807) is 26.1 Å². The molecule has 4 nitrogen and oxygen atoms in total. The second-order valence-electron chi connectivity index (χ2n) is 5.68. The average Bonchev–Trinajstić information content (AvgIpc) is 2.41. The van der Waals surface area contributed by atoms with Gasteiger partial charge in [-0.15, -0.1) is 0 Å². The first-order valence-corrected chi connectivity index (χ1v) is 6.73. The summed E-state index contributed by atoms with van der Waals surface area (Å²) >= 11 is 0. The maximum absolute atomic E-state index is 11.8. The van der Waals surface area contributed by atoms with Gasteiger partial charge in [0.15, 0.2) is 5.43 Å². The van der Waals surface area contributed by atoms with Crippen LogP contribution in [0, 0.1) is 5.41 Å². The topological polar surface area (TPSA) is 59.3 Å². The first-order valence-electron chi connectivity index (χ1n) is 6.73. The van der Waals surface area contributed by atoms with Crippen LogP contribution in [0.2, 0.25) is 0 Å². The van der Waals surface area contributed by atoms with E-state index in [2.05, 4.69) is 0 Å². The molecule has 0 fully saturated rings. The Morgan fingerprint density at radius 3 is 2.65 bits per heavy atom. The molecule has 0 atom stereocenters. The number of hydrogen-bond acceptors (Lipinski definition) is 2. The summed E-state index contributed by atoms with van der Waals surface area (Å²) in [6.45, 7) is 4.18. The first-order chi connectivity index (χ1) is 9.42. The molecule has 0 amide bonds. The molecule has 0 bridgehead atoms. The summed E-state index contributed by atoms with van der Waals surface area (Å²) in [6, 6.07) is 9.04. The monoisotopic (exact) mass is 273 g/mol. The molecule has 0 aliphatic carbocycles. The lowest BCUT2D eigenvalue weighted by Crippen LogP contribution is -2.24. The summed E-state index contributed by atoms with van der Waals surface area (Å²) in [5.41, 5.74) is 0.199. The van der Waals surface area contributed by atoms with Gasteiger partial charge in [0.05, 0.1) is 10.9 Å². The Morgan fingerprint density at radius 1 is 1.25 bits per heavy atom. The number of benzene rings is 1. The Hall–Kier alpha value is -2.10. The van der Waals surface area contributed by atoms with Crippen LogP contribution in [0.3, 0.4) is 0 Å². The standard InChI is InChI=1S/C16H19NO3/c1-16(2,15(19)20)9-5-10-17-11-8-14(18)12-6-3-4-7-13(12)17/h3-4,6-8,11H,5,9-10H2,1-2H3,(H,19,20). The normalized spacial score (nSPS) is 11.7. The van der Waals surface area contributed by atoms with Crippen molar-refractivity contribution in [3.8, 4) is 0 Å². The van der Waals surface area contributed by atoms with Crippen molar-refractivity contribution in [2.24, 2.45) is 5.41 Å². The molecule has 1 heterocycles. The lowest BCUT2D eigenvalue weighted by molar-refractivity contribution is -0.147. The van der Waals surface area contributed by atoms with E-state index in [4.69, 9.17) is 5.11 Å². The van der Waals surface area contributed by atoms with Crippen LogP contribution in [0.1, 0.15) is 26.7 Å². The first kappa shape index (κ1) is 14.3. The Balaban J connectivity index is 2.17. The number of aromatic nitrogens is 1. The maximum Gasteiger partial charge on any atom is 0.309 e. The maximum atomic E-state index is 11.8. The largest absolute Gasteiger partial charge is 0.481 e. The van der Waals surface area contributed by atoms with E-state index >= 15 is 0 Å². The van der Waals surface area contributed by atoms with Crippen molar-refractivity contribution in [3.63, 3.8) is 0 Å². The third kappa shape index (κ3) is 2.90. The van der Waals surface area contributed by atoms with Gasteiger partial charge in [-0.25, -0.2) is 0 Å². The van der Waals surface area contributed by atoms with Crippen LogP contribution < -0.4 is 5.43 Å². The lowest BCUT2D eigenvalue weighted by atomic mass is 9.88. The highest BCUT2D eigenvalue weighted by Gasteiger charge is 2.26. The minimum Gasteiger partial charge on any atom is -0.481 e. The predicted octanol–water partition coefficient (Wildman–Crippen LogP) is 2.89. The van der Waals surface area contributed by atoms with Crippen LogP contribution in [0.4, 0.5) is 0 Å². The molecular formula is C16H19NO3. The van der Waals surface area contributed by atoms with Gasteiger partial charge in [0, 0.05) is 24.2 Å². The highest BCUT2D eigenvalue weighted by molar-refractivity contribution is 5.78. The minimum atomic E-state index is -0.776. The van der Waals surface area contributed by atoms with Crippen molar-refractivity contribution in [2.75, 3.05) is 0 Å². The smallest absolute Gasteiger partial charge is 0.309 e. The van der Waals surface area contributed by atoms with Crippen LogP contribution in [-0.2, 0) is 11.3 Å². The third-order valence-corrected chi connectivity index (χ3v) is 3.66. The summed E-state index contributed by atoms with van der Waals surface area (Å²) in [6.07, 6.45) is 3.13. The molecule has 106 valence electrons. The van der Waals surface area contributed by atoms with E-state index in [-0.39, 0.29) is 5.43 Å². The van der Waals surface area contributed by atoms with Crippen LogP contribution in [0.15, 0.2) is 41.3 Å².